The van der Waals surface area contributed by atoms with Gasteiger partial charge >= 0.3 is 0 Å². The highest BCUT2D eigenvalue weighted by Gasteiger charge is 1.98. The lowest BCUT2D eigenvalue weighted by Gasteiger charge is -2.07. The fourth-order valence-electron chi connectivity index (χ4n) is 1.97. The van der Waals surface area contributed by atoms with E-state index >= 15 is 0 Å². The lowest BCUT2D eigenvalue weighted by Crippen LogP contribution is -2.11. The number of nitrogens with zero attached hydrogens (tertiary/aromatic N) is 1. The first-order chi connectivity index (χ1) is 9.36. The Morgan fingerprint density at radius 2 is 1.89 bits per heavy atom. The van der Waals surface area contributed by atoms with Gasteiger partial charge in [0.05, 0.1) is 6.61 Å². The molecule has 0 bridgehead atoms. The number of hydrogen-bond acceptors (Lipinski definition) is 3. The van der Waals surface area contributed by atoms with E-state index in [1.54, 1.807) is 0 Å². The molecule has 0 aromatic carbocycles. The normalized spacial score (nSPS) is 10.6. The Morgan fingerprint density at radius 3 is 2.68 bits per heavy atom. The Bertz CT molecular complexity index is 328. The maximum absolute atomic E-state index is 5.69. The first kappa shape index (κ1) is 16.0. The van der Waals surface area contributed by atoms with E-state index in [9.17, 15) is 0 Å². The summed E-state index contributed by atoms with van der Waals surface area (Å²) in [6, 6.07) is 4.06. The number of rotatable bonds is 11. The van der Waals surface area contributed by atoms with Gasteiger partial charge in [-0.3, -0.25) is 0 Å². The predicted molar refractivity (Wildman–Crippen MR) is 80.5 cm³/mol. The molecule has 3 nitrogen and oxygen atoms in total. The third-order valence-corrected chi connectivity index (χ3v) is 3.13. The molecule has 1 rings (SSSR count). The molecule has 3 heteroatoms. The van der Waals surface area contributed by atoms with E-state index in [2.05, 4.69) is 24.1 Å². The van der Waals surface area contributed by atoms with Crippen molar-refractivity contribution >= 4 is 0 Å². The van der Waals surface area contributed by atoms with Crippen molar-refractivity contribution in [1.82, 2.24) is 10.3 Å². The Balaban J connectivity index is 2.14. The van der Waals surface area contributed by atoms with Gasteiger partial charge in [-0.25, -0.2) is 4.98 Å². The minimum atomic E-state index is 0.754. The molecule has 19 heavy (non-hydrogen) atoms. The fraction of sp³-hybridized carbons (Fsp3) is 0.688. The van der Waals surface area contributed by atoms with Gasteiger partial charge in [0.2, 0.25) is 5.88 Å². The summed E-state index contributed by atoms with van der Waals surface area (Å²) in [6.07, 6.45) is 9.55. The number of nitrogens with one attached hydrogen (secondary N) is 1. The zero-order valence-corrected chi connectivity index (χ0v) is 12.5. The Labute approximate surface area is 117 Å². The molecule has 0 fully saturated rings. The van der Waals surface area contributed by atoms with Crippen molar-refractivity contribution in [1.29, 1.82) is 0 Å². The van der Waals surface area contributed by atoms with Crippen LogP contribution in [0.15, 0.2) is 18.3 Å². The second-order valence-electron chi connectivity index (χ2n) is 4.90. The smallest absolute Gasteiger partial charge is 0.213 e. The van der Waals surface area contributed by atoms with Crippen LogP contribution in [0.2, 0.25) is 0 Å². The van der Waals surface area contributed by atoms with Crippen LogP contribution in [0.4, 0.5) is 0 Å². The van der Waals surface area contributed by atoms with E-state index in [4.69, 9.17) is 4.74 Å². The molecule has 0 saturated heterocycles. The Hall–Kier alpha value is -1.09. The summed E-state index contributed by atoms with van der Waals surface area (Å²) in [5.74, 6) is 0.754. The largest absolute Gasteiger partial charge is 0.478 e. The highest BCUT2D eigenvalue weighted by Crippen LogP contribution is 2.11. The summed E-state index contributed by atoms with van der Waals surface area (Å²) in [7, 11) is 0. The first-order valence-electron chi connectivity index (χ1n) is 7.65. The monoisotopic (exact) mass is 264 g/mol. The molecule has 108 valence electrons. The van der Waals surface area contributed by atoms with Gasteiger partial charge in [-0.2, -0.15) is 0 Å². The van der Waals surface area contributed by atoms with Crippen molar-refractivity contribution in [3.8, 4) is 5.88 Å². The molecule has 1 N–H and O–H groups in total. The topological polar surface area (TPSA) is 34.1 Å². The van der Waals surface area contributed by atoms with Gasteiger partial charge in [-0.15, -0.1) is 0 Å². The van der Waals surface area contributed by atoms with Crippen LogP contribution in [0.25, 0.3) is 0 Å². The lowest BCUT2D eigenvalue weighted by atomic mass is 10.1. The van der Waals surface area contributed by atoms with Crippen molar-refractivity contribution in [2.24, 2.45) is 0 Å². The zero-order chi connectivity index (χ0) is 13.8. The van der Waals surface area contributed by atoms with E-state index in [-0.39, 0.29) is 0 Å². The molecular weight excluding hydrogens is 236 g/mol. The zero-order valence-electron chi connectivity index (χ0n) is 12.5. The lowest BCUT2D eigenvalue weighted by molar-refractivity contribution is 0.293. The molecule has 0 aliphatic carbocycles. The molecule has 0 spiro atoms. The maximum atomic E-state index is 5.69. The van der Waals surface area contributed by atoms with Gasteiger partial charge < -0.3 is 10.1 Å². The second-order valence-corrected chi connectivity index (χ2v) is 4.90. The van der Waals surface area contributed by atoms with Crippen molar-refractivity contribution < 1.29 is 4.74 Å². The Kier molecular flexibility index (Phi) is 9.07. The maximum Gasteiger partial charge on any atom is 0.213 e. The third-order valence-electron chi connectivity index (χ3n) is 3.13. The van der Waals surface area contributed by atoms with E-state index < -0.39 is 0 Å². The van der Waals surface area contributed by atoms with Gasteiger partial charge in [0.15, 0.2) is 0 Å². The molecule has 0 radical (unpaired) electrons. The average molecular weight is 264 g/mol. The molecule has 0 atom stereocenters. The van der Waals surface area contributed by atoms with Crippen LogP contribution in [-0.4, -0.2) is 18.1 Å². The average Bonchev–Trinajstić information content (AvgIpc) is 2.44. The van der Waals surface area contributed by atoms with Gasteiger partial charge in [0, 0.05) is 18.8 Å². The standard InChI is InChI=1S/C16H28N2O/c1-3-5-6-7-8-9-12-19-16-13-15(10-11-18-16)14-17-4-2/h10-11,13,17H,3-9,12,14H2,1-2H3. The van der Waals surface area contributed by atoms with Crippen LogP contribution < -0.4 is 10.1 Å². The van der Waals surface area contributed by atoms with Crippen LogP contribution in [-0.2, 0) is 6.54 Å². The number of aromatic nitrogens is 1. The summed E-state index contributed by atoms with van der Waals surface area (Å²) in [4.78, 5) is 4.24. The minimum Gasteiger partial charge on any atom is -0.478 e. The highest BCUT2D eigenvalue weighted by molar-refractivity contribution is 5.20. The number of unbranched alkanes of at least 4 members (excludes halogenated alkanes) is 5. The van der Waals surface area contributed by atoms with Gasteiger partial charge in [-0.1, -0.05) is 46.0 Å². The van der Waals surface area contributed by atoms with Crippen LogP contribution in [0, 0.1) is 0 Å². The quantitative estimate of drug-likeness (QED) is 0.615. The minimum absolute atomic E-state index is 0.754. The van der Waals surface area contributed by atoms with E-state index in [0.29, 0.717) is 0 Å². The summed E-state index contributed by atoms with van der Waals surface area (Å²) < 4.78 is 5.69. The number of pyridine rings is 1. The SMILES string of the molecule is CCCCCCCCOc1cc(CNCC)ccn1. The van der Waals surface area contributed by atoms with Crippen LogP contribution >= 0.6 is 0 Å². The molecule has 0 aliphatic heterocycles. The van der Waals surface area contributed by atoms with Crippen LogP contribution in [0.3, 0.4) is 0 Å². The van der Waals surface area contributed by atoms with Gasteiger partial charge in [-0.05, 0) is 24.6 Å². The van der Waals surface area contributed by atoms with Crippen molar-refractivity contribution in [2.75, 3.05) is 13.2 Å². The van der Waals surface area contributed by atoms with E-state index in [1.165, 1.54) is 37.7 Å². The Morgan fingerprint density at radius 1 is 1.11 bits per heavy atom. The van der Waals surface area contributed by atoms with Crippen LogP contribution in [0.1, 0.15) is 57.9 Å². The molecule has 0 saturated carbocycles. The number of hydrogen-bond donors (Lipinski definition) is 1. The summed E-state index contributed by atoms with van der Waals surface area (Å²) in [5.41, 5.74) is 1.23. The highest BCUT2D eigenvalue weighted by atomic mass is 16.5. The molecule has 0 aliphatic rings. The molecule has 1 aromatic heterocycles. The summed E-state index contributed by atoms with van der Waals surface area (Å²) >= 11 is 0. The van der Waals surface area contributed by atoms with Gasteiger partial charge in [0.1, 0.15) is 0 Å². The van der Waals surface area contributed by atoms with Gasteiger partial charge in [0.25, 0.3) is 0 Å². The van der Waals surface area contributed by atoms with E-state index in [0.717, 1.165) is 32.0 Å². The van der Waals surface area contributed by atoms with Crippen molar-refractivity contribution in [3.63, 3.8) is 0 Å². The van der Waals surface area contributed by atoms with E-state index in [1.807, 2.05) is 18.3 Å². The molecule has 1 heterocycles. The summed E-state index contributed by atoms with van der Waals surface area (Å²) in [6.45, 7) is 7.00. The van der Waals surface area contributed by atoms with Crippen LogP contribution in [0.5, 0.6) is 5.88 Å². The molecule has 0 amide bonds. The third kappa shape index (κ3) is 7.83. The molecule has 0 unspecified atom stereocenters. The van der Waals surface area contributed by atoms with Crippen molar-refractivity contribution in [3.05, 3.63) is 23.9 Å². The fourth-order valence-corrected chi connectivity index (χ4v) is 1.97. The predicted octanol–water partition coefficient (Wildman–Crippen LogP) is 3.93. The first-order valence-corrected chi connectivity index (χ1v) is 7.65. The molecular formula is C16H28N2O. The second kappa shape index (κ2) is 10.8. The number of ether oxygens (including phenoxy) is 1. The summed E-state index contributed by atoms with van der Waals surface area (Å²) in [5, 5.41) is 3.30. The van der Waals surface area contributed by atoms with Crippen molar-refractivity contribution in [2.45, 2.75) is 58.9 Å². The molecule has 1 aromatic rings.